The molecule has 1 unspecified atom stereocenters. The molecular weight excluding hydrogens is 448 g/mol. The number of ether oxygens (including phenoxy) is 3. The maximum Gasteiger partial charge on any atom is 0.295 e. The fourth-order valence-electron chi connectivity index (χ4n) is 4.69. The van der Waals surface area contributed by atoms with Crippen molar-refractivity contribution in [3.63, 3.8) is 0 Å². The summed E-state index contributed by atoms with van der Waals surface area (Å²) in [7, 11) is 3.08. The van der Waals surface area contributed by atoms with Gasteiger partial charge in [-0.15, -0.1) is 0 Å². The van der Waals surface area contributed by atoms with Crippen LogP contribution in [0, 0.1) is 13.8 Å². The molecule has 4 rings (SSSR count). The van der Waals surface area contributed by atoms with E-state index in [1.54, 1.807) is 30.2 Å². The van der Waals surface area contributed by atoms with Gasteiger partial charge >= 0.3 is 0 Å². The molecule has 0 bridgehead atoms. The van der Waals surface area contributed by atoms with E-state index in [0.29, 0.717) is 48.9 Å². The van der Waals surface area contributed by atoms with Gasteiger partial charge in [0, 0.05) is 31.7 Å². The third kappa shape index (κ3) is 4.90. The van der Waals surface area contributed by atoms with E-state index in [1.165, 1.54) is 7.11 Å². The normalized spacial score (nSPS) is 20.3. The SMILES string of the molecule is COc1ccc(C2C(=C(O)c3cc(C)ccc3C)C(=O)C(=O)N2CCN2CCOCC2)cc1OC. The number of nitrogens with zero attached hydrogens (tertiary/aromatic N) is 2. The fourth-order valence-corrected chi connectivity index (χ4v) is 4.69. The van der Waals surface area contributed by atoms with Crippen LogP contribution in [0.1, 0.15) is 28.3 Å². The number of hydrogen-bond donors (Lipinski definition) is 1. The summed E-state index contributed by atoms with van der Waals surface area (Å²) in [5.41, 5.74) is 3.05. The van der Waals surface area contributed by atoms with Gasteiger partial charge in [0.05, 0.1) is 39.0 Å². The highest BCUT2D eigenvalue weighted by molar-refractivity contribution is 6.46. The minimum atomic E-state index is -0.754. The monoisotopic (exact) mass is 480 g/mol. The van der Waals surface area contributed by atoms with Gasteiger partial charge in [0.15, 0.2) is 11.5 Å². The Bertz CT molecular complexity index is 1150. The van der Waals surface area contributed by atoms with Gasteiger partial charge in [-0.2, -0.15) is 0 Å². The maximum absolute atomic E-state index is 13.3. The topological polar surface area (TPSA) is 88.5 Å². The summed E-state index contributed by atoms with van der Waals surface area (Å²) in [5, 5.41) is 11.4. The number of likely N-dealkylation sites (tertiary alicyclic amines) is 1. The predicted octanol–water partition coefficient (Wildman–Crippen LogP) is 3.07. The largest absolute Gasteiger partial charge is 0.507 e. The average molecular weight is 481 g/mol. The van der Waals surface area contributed by atoms with Crippen LogP contribution < -0.4 is 9.47 Å². The molecule has 0 saturated carbocycles. The summed E-state index contributed by atoms with van der Waals surface area (Å²) in [4.78, 5) is 30.4. The van der Waals surface area contributed by atoms with Gasteiger partial charge in [0.1, 0.15) is 5.76 Å². The third-order valence-electron chi connectivity index (χ3n) is 6.67. The zero-order chi connectivity index (χ0) is 25.1. The molecule has 35 heavy (non-hydrogen) atoms. The third-order valence-corrected chi connectivity index (χ3v) is 6.67. The van der Waals surface area contributed by atoms with E-state index in [1.807, 2.05) is 32.0 Å². The Morgan fingerprint density at radius 2 is 1.71 bits per heavy atom. The van der Waals surface area contributed by atoms with Crippen LogP contribution in [0.3, 0.4) is 0 Å². The first-order valence-electron chi connectivity index (χ1n) is 11.7. The van der Waals surface area contributed by atoms with E-state index in [4.69, 9.17) is 14.2 Å². The summed E-state index contributed by atoms with van der Waals surface area (Å²) >= 11 is 0. The standard InChI is InChI=1S/C27H32N2O6/c1-17-5-6-18(2)20(15-17)25(30)23-24(19-7-8-21(33-3)22(16-19)34-4)29(27(32)26(23)31)10-9-28-11-13-35-14-12-28/h5-8,15-16,24,30H,9-14H2,1-4H3. The van der Waals surface area contributed by atoms with Crippen molar-refractivity contribution in [2.75, 3.05) is 53.6 Å². The summed E-state index contributed by atoms with van der Waals surface area (Å²) in [6.45, 7) is 7.56. The summed E-state index contributed by atoms with van der Waals surface area (Å²) in [5.74, 6) is -0.458. The molecule has 1 atom stereocenters. The number of aryl methyl sites for hydroxylation is 2. The van der Waals surface area contributed by atoms with Crippen molar-refractivity contribution in [1.29, 1.82) is 0 Å². The molecule has 2 aromatic carbocycles. The fraction of sp³-hybridized carbons (Fsp3) is 0.407. The van der Waals surface area contributed by atoms with E-state index in [-0.39, 0.29) is 11.3 Å². The minimum absolute atomic E-state index is 0.0814. The van der Waals surface area contributed by atoms with Gasteiger partial charge in [-0.3, -0.25) is 14.5 Å². The zero-order valence-corrected chi connectivity index (χ0v) is 20.7. The minimum Gasteiger partial charge on any atom is -0.507 e. The van der Waals surface area contributed by atoms with Crippen LogP contribution in [0.2, 0.25) is 0 Å². The number of carbonyl (C=O) groups excluding carboxylic acids is 2. The molecule has 2 aliphatic heterocycles. The maximum atomic E-state index is 13.3. The molecule has 0 aliphatic carbocycles. The first-order chi connectivity index (χ1) is 16.8. The van der Waals surface area contributed by atoms with Crippen LogP contribution >= 0.6 is 0 Å². The lowest BCUT2D eigenvalue weighted by atomic mass is 9.93. The lowest BCUT2D eigenvalue weighted by molar-refractivity contribution is -0.140. The molecule has 2 aliphatic rings. The number of aliphatic hydroxyl groups is 1. The predicted molar refractivity (Wildman–Crippen MR) is 132 cm³/mol. The van der Waals surface area contributed by atoms with Crippen molar-refractivity contribution in [2.45, 2.75) is 19.9 Å². The number of methoxy groups -OCH3 is 2. The first kappa shape index (κ1) is 24.8. The highest BCUT2D eigenvalue weighted by Gasteiger charge is 2.46. The van der Waals surface area contributed by atoms with Gasteiger partial charge in [-0.1, -0.05) is 23.8 Å². The van der Waals surface area contributed by atoms with E-state index < -0.39 is 17.7 Å². The van der Waals surface area contributed by atoms with E-state index in [9.17, 15) is 14.7 Å². The molecule has 8 nitrogen and oxygen atoms in total. The lowest BCUT2D eigenvalue weighted by Crippen LogP contribution is -2.42. The molecule has 0 radical (unpaired) electrons. The van der Waals surface area contributed by atoms with Crippen LogP contribution in [0.15, 0.2) is 42.0 Å². The van der Waals surface area contributed by atoms with Gasteiger partial charge < -0.3 is 24.2 Å². The van der Waals surface area contributed by atoms with E-state index >= 15 is 0 Å². The zero-order valence-electron chi connectivity index (χ0n) is 20.7. The van der Waals surface area contributed by atoms with Gasteiger partial charge in [0.25, 0.3) is 11.7 Å². The molecule has 0 aromatic heterocycles. The highest BCUT2D eigenvalue weighted by atomic mass is 16.5. The number of rotatable bonds is 7. The number of amides is 1. The molecule has 2 aromatic rings. The number of hydrogen-bond acceptors (Lipinski definition) is 7. The Balaban J connectivity index is 1.81. The number of Topliss-reactive ketones (excluding diaryl/α,β-unsaturated/α-hetero) is 1. The van der Waals surface area contributed by atoms with E-state index in [0.717, 1.165) is 24.2 Å². The molecule has 2 heterocycles. The Morgan fingerprint density at radius 3 is 2.40 bits per heavy atom. The van der Waals surface area contributed by atoms with Crippen molar-refractivity contribution in [1.82, 2.24) is 9.80 Å². The van der Waals surface area contributed by atoms with Gasteiger partial charge in [0.2, 0.25) is 0 Å². The van der Waals surface area contributed by atoms with Crippen LogP contribution in [0.5, 0.6) is 11.5 Å². The number of benzene rings is 2. The van der Waals surface area contributed by atoms with Crippen LogP contribution in [0.25, 0.3) is 5.76 Å². The number of aliphatic hydroxyl groups excluding tert-OH is 1. The van der Waals surface area contributed by atoms with Crippen molar-refractivity contribution in [3.8, 4) is 11.5 Å². The number of ketones is 1. The second-order valence-corrected chi connectivity index (χ2v) is 8.88. The smallest absolute Gasteiger partial charge is 0.295 e. The second-order valence-electron chi connectivity index (χ2n) is 8.88. The Labute approximate surface area is 205 Å². The molecular formula is C27H32N2O6. The van der Waals surface area contributed by atoms with Gasteiger partial charge in [-0.25, -0.2) is 0 Å². The molecule has 186 valence electrons. The Morgan fingerprint density at radius 1 is 1.00 bits per heavy atom. The van der Waals surface area contributed by atoms with Crippen molar-refractivity contribution in [2.24, 2.45) is 0 Å². The first-order valence-corrected chi connectivity index (χ1v) is 11.7. The van der Waals surface area contributed by atoms with Crippen LogP contribution in [-0.2, 0) is 14.3 Å². The summed E-state index contributed by atoms with van der Waals surface area (Å²) < 4.78 is 16.3. The van der Waals surface area contributed by atoms with Crippen LogP contribution in [-0.4, -0.2) is 80.2 Å². The van der Waals surface area contributed by atoms with E-state index in [2.05, 4.69) is 4.90 Å². The lowest BCUT2D eigenvalue weighted by Gasteiger charge is -2.31. The summed E-state index contributed by atoms with van der Waals surface area (Å²) in [6, 6.07) is 10.2. The van der Waals surface area contributed by atoms with Crippen molar-refractivity contribution in [3.05, 3.63) is 64.2 Å². The second kappa shape index (κ2) is 10.5. The molecule has 2 saturated heterocycles. The molecule has 8 heteroatoms. The molecule has 0 spiro atoms. The van der Waals surface area contributed by atoms with Crippen molar-refractivity contribution >= 4 is 17.4 Å². The summed E-state index contributed by atoms with van der Waals surface area (Å²) in [6.07, 6.45) is 0. The Kier molecular flexibility index (Phi) is 7.42. The van der Waals surface area contributed by atoms with Crippen molar-refractivity contribution < 1.29 is 28.9 Å². The quantitative estimate of drug-likeness (QED) is 0.370. The highest BCUT2D eigenvalue weighted by Crippen LogP contribution is 2.42. The van der Waals surface area contributed by atoms with Gasteiger partial charge in [-0.05, 0) is 43.2 Å². The number of morpholine rings is 1. The Hall–Kier alpha value is -3.36. The van der Waals surface area contributed by atoms with Crippen LogP contribution in [0.4, 0.5) is 0 Å². The number of carbonyl (C=O) groups is 2. The molecule has 2 fully saturated rings. The molecule has 1 N–H and O–H groups in total. The molecule has 1 amide bonds. The average Bonchev–Trinajstić information content (AvgIpc) is 3.13.